The Morgan fingerprint density at radius 3 is 2.26 bits per heavy atom. The first kappa shape index (κ1) is 22.4. The molecule has 2 saturated heterocycles. The molecule has 0 radical (unpaired) electrons. The zero-order chi connectivity index (χ0) is 23.5. The van der Waals surface area contributed by atoms with Gasteiger partial charge in [0, 0.05) is 30.9 Å². The number of nitroso groups, excluding NO2 is 1. The maximum atomic E-state index is 13.0. The second-order valence-electron chi connectivity index (χ2n) is 8.75. The van der Waals surface area contributed by atoms with Crippen LogP contribution in [0.25, 0.3) is 11.3 Å². The van der Waals surface area contributed by atoms with Gasteiger partial charge in [-0.2, -0.15) is 10.2 Å². The Balaban J connectivity index is 1.41. The summed E-state index contributed by atoms with van der Waals surface area (Å²) in [6.07, 6.45) is 5.01. The number of rotatable bonds is 6. The molecule has 10 heteroatoms. The molecule has 34 heavy (non-hydrogen) atoms. The molecule has 1 aromatic carbocycles. The molecular formula is C24H28N6O4. The molecule has 178 valence electrons. The van der Waals surface area contributed by atoms with E-state index >= 15 is 0 Å². The SMILES string of the molecule is Cc1ccc(-c2cc(NC(=O)c3cc(N=O)n(C4CCCCO4)n3)nn2C2CCCCO2)cc1. The lowest BCUT2D eigenvalue weighted by molar-refractivity contribution is -0.0385. The molecule has 0 aliphatic carbocycles. The van der Waals surface area contributed by atoms with Gasteiger partial charge in [0.15, 0.2) is 29.8 Å². The van der Waals surface area contributed by atoms with Crippen LogP contribution in [0.4, 0.5) is 11.6 Å². The van der Waals surface area contributed by atoms with Crippen molar-refractivity contribution in [2.45, 2.75) is 57.9 Å². The number of carbonyl (C=O) groups is 1. The first-order valence-electron chi connectivity index (χ1n) is 11.8. The van der Waals surface area contributed by atoms with E-state index in [9.17, 15) is 9.70 Å². The maximum Gasteiger partial charge on any atom is 0.277 e. The Bertz CT molecular complexity index is 1160. The van der Waals surface area contributed by atoms with Crippen molar-refractivity contribution in [1.82, 2.24) is 19.6 Å². The molecule has 2 aromatic heterocycles. The van der Waals surface area contributed by atoms with Crippen molar-refractivity contribution in [3.05, 3.63) is 52.6 Å². The highest BCUT2D eigenvalue weighted by atomic mass is 16.5. The number of carbonyl (C=O) groups excluding carboxylic acids is 1. The summed E-state index contributed by atoms with van der Waals surface area (Å²) in [6.45, 7) is 3.31. The van der Waals surface area contributed by atoms with Crippen molar-refractivity contribution in [2.24, 2.45) is 5.18 Å². The predicted octanol–water partition coefficient (Wildman–Crippen LogP) is 5.10. The Morgan fingerprint density at radius 1 is 0.971 bits per heavy atom. The number of hydrogen-bond acceptors (Lipinski definition) is 7. The minimum atomic E-state index is -0.468. The average Bonchev–Trinajstić information content (AvgIpc) is 3.50. The first-order valence-corrected chi connectivity index (χ1v) is 11.8. The van der Waals surface area contributed by atoms with Gasteiger partial charge < -0.3 is 14.8 Å². The fraction of sp³-hybridized carbons (Fsp3) is 0.458. The third-order valence-electron chi connectivity index (χ3n) is 6.22. The number of aryl methyl sites for hydroxylation is 1. The number of nitrogens with zero attached hydrogens (tertiary/aromatic N) is 5. The van der Waals surface area contributed by atoms with Crippen LogP contribution in [0.15, 0.2) is 41.6 Å². The molecule has 2 aliphatic rings. The summed E-state index contributed by atoms with van der Waals surface area (Å²) in [4.78, 5) is 24.3. The van der Waals surface area contributed by atoms with Gasteiger partial charge in [-0.05, 0) is 50.6 Å². The average molecular weight is 465 g/mol. The summed E-state index contributed by atoms with van der Waals surface area (Å²) < 4.78 is 14.9. The molecule has 3 aromatic rings. The van der Waals surface area contributed by atoms with Crippen LogP contribution in [0.1, 0.15) is 67.0 Å². The second kappa shape index (κ2) is 9.86. The molecule has 2 aliphatic heterocycles. The molecule has 1 amide bonds. The number of nitrogens with one attached hydrogen (secondary N) is 1. The number of anilines is 1. The van der Waals surface area contributed by atoms with E-state index < -0.39 is 12.1 Å². The number of amides is 1. The van der Waals surface area contributed by atoms with Gasteiger partial charge in [-0.1, -0.05) is 29.8 Å². The lowest BCUT2D eigenvalue weighted by atomic mass is 10.1. The molecule has 4 heterocycles. The fourth-order valence-corrected chi connectivity index (χ4v) is 4.40. The normalized spacial score (nSPS) is 20.7. The van der Waals surface area contributed by atoms with E-state index in [0.717, 1.165) is 55.3 Å². The second-order valence-corrected chi connectivity index (χ2v) is 8.75. The van der Waals surface area contributed by atoms with Crippen molar-refractivity contribution in [3.8, 4) is 11.3 Å². The third-order valence-corrected chi connectivity index (χ3v) is 6.22. The molecule has 2 fully saturated rings. The van der Waals surface area contributed by atoms with E-state index in [-0.39, 0.29) is 17.7 Å². The number of ether oxygens (including phenoxy) is 2. The number of hydrogen-bond donors (Lipinski definition) is 1. The van der Waals surface area contributed by atoms with Crippen LogP contribution < -0.4 is 5.32 Å². The molecule has 10 nitrogen and oxygen atoms in total. The van der Waals surface area contributed by atoms with E-state index in [1.165, 1.54) is 10.7 Å². The van der Waals surface area contributed by atoms with E-state index in [2.05, 4.69) is 20.7 Å². The van der Waals surface area contributed by atoms with Crippen LogP contribution >= 0.6 is 0 Å². The van der Waals surface area contributed by atoms with Crippen molar-refractivity contribution in [1.29, 1.82) is 0 Å². The van der Waals surface area contributed by atoms with Gasteiger partial charge in [-0.25, -0.2) is 9.36 Å². The predicted molar refractivity (Wildman–Crippen MR) is 126 cm³/mol. The zero-order valence-electron chi connectivity index (χ0n) is 19.1. The Kier molecular flexibility index (Phi) is 6.50. The molecule has 5 rings (SSSR count). The number of benzene rings is 1. The standard InChI is InChI=1S/C24H28N6O4/c1-16-8-10-17(11-9-16)19-15-20(27-29(19)22-6-2-4-12-33-22)25-24(31)18-14-21(28-32)30(26-18)23-7-3-5-13-34-23/h8-11,14-15,22-23H,2-7,12-13H2,1H3,(H,25,27,31). The summed E-state index contributed by atoms with van der Waals surface area (Å²) >= 11 is 0. The summed E-state index contributed by atoms with van der Waals surface area (Å²) in [7, 11) is 0. The van der Waals surface area contributed by atoms with Gasteiger partial charge in [0.1, 0.15) is 0 Å². The fourth-order valence-electron chi connectivity index (χ4n) is 4.40. The monoisotopic (exact) mass is 464 g/mol. The van der Waals surface area contributed by atoms with Crippen molar-refractivity contribution in [2.75, 3.05) is 18.5 Å². The topological polar surface area (TPSA) is 113 Å². The van der Waals surface area contributed by atoms with Crippen molar-refractivity contribution < 1.29 is 14.3 Å². The molecule has 0 spiro atoms. The number of aromatic nitrogens is 4. The van der Waals surface area contributed by atoms with Gasteiger partial charge in [0.25, 0.3) is 5.91 Å². The van der Waals surface area contributed by atoms with Crippen LogP contribution in [-0.4, -0.2) is 38.7 Å². The smallest absolute Gasteiger partial charge is 0.277 e. The largest absolute Gasteiger partial charge is 0.356 e. The molecular weight excluding hydrogens is 436 g/mol. The molecule has 1 N–H and O–H groups in total. The Labute approximate surface area is 197 Å². The summed E-state index contributed by atoms with van der Waals surface area (Å²) in [6, 6.07) is 11.4. The van der Waals surface area contributed by atoms with Gasteiger partial charge in [-0.3, -0.25) is 4.79 Å². The lowest BCUT2D eigenvalue weighted by Crippen LogP contribution is -2.21. The Hall–Kier alpha value is -3.37. The van der Waals surface area contributed by atoms with Crippen molar-refractivity contribution in [3.63, 3.8) is 0 Å². The van der Waals surface area contributed by atoms with Gasteiger partial charge >= 0.3 is 0 Å². The molecule has 0 bridgehead atoms. The molecule has 2 atom stereocenters. The highest BCUT2D eigenvalue weighted by molar-refractivity contribution is 6.03. The summed E-state index contributed by atoms with van der Waals surface area (Å²) in [5, 5.41) is 14.8. The molecule has 0 saturated carbocycles. The summed E-state index contributed by atoms with van der Waals surface area (Å²) in [5.74, 6) is -0.0125. The third kappa shape index (κ3) is 4.64. The van der Waals surface area contributed by atoms with Crippen LogP contribution in [0.2, 0.25) is 0 Å². The van der Waals surface area contributed by atoms with E-state index in [4.69, 9.17) is 9.47 Å². The van der Waals surface area contributed by atoms with E-state index in [1.807, 2.05) is 41.9 Å². The minimum Gasteiger partial charge on any atom is -0.356 e. The Morgan fingerprint density at radius 2 is 1.65 bits per heavy atom. The van der Waals surface area contributed by atoms with E-state index in [0.29, 0.717) is 19.0 Å². The highest BCUT2D eigenvalue weighted by Crippen LogP contribution is 2.32. The van der Waals surface area contributed by atoms with Crippen LogP contribution in [0.3, 0.4) is 0 Å². The zero-order valence-corrected chi connectivity index (χ0v) is 19.1. The van der Waals surface area contributed by atoms with Gasteiger partial charge in [0.2, 0.25) is 0 Å². The van der Waals surface area contributed by atoms with Gasteiger partial charge in [0.05, 0.1) is 5.69 Å². The van der Waals surface area contributed by atoms with Crippen LogP contribution in [0, 0.1) is 11.8 Å². The minimum absolute atomic E-state index is 0.0681. The first-order chi connectivity index (χ1) is 16.6. The quantitative estimate of drug-likeness (QED) is 0.508. The highest BCUT2D eigenvalue weighted by Gasteiger charge is 2.25. The molecule has 2 unspecified atom stereocenters. The summed E-state index contributed by atoms with van der Waals surface area (Å²) in [5.41, 5.74) is 3.09. The van der Waals surface area contributed by atoms with Gasteiger partial charge in [-0.15, -0.1) is 4.91 Å². The lowest BCUT2D eigenvalue weighted by Gasteiger charge is -2.24. The van der Waals surface area contributed by atoms with E-state index in [1.54, 1.807) is 0 Å². The van der Waals surface area contributed by atoms with Crippen molar-refractivity contribution >= 4 is 17.5 Å². The van der Waals surface area contributed by atoms with Crippen LogP contribution in [-0.2, 0) is 9.47 Å². The maximum absolute atomic E-state index is 13.0. The van der Waals surface area contributed by atoms with Crippen LogP contribution in [0.5, 0.6) is 0 Å².